The van der Waals surface area contributed by atoms with E-state index in [9.17, 15) is 9.90 Å². The summed E-state index contributed by atoms with van der Waals surface area (Å²) < 4.78 is 0.777. The van der Waals surface area contributed by atoms with Crippen molar-refractivity contribution in [1.82, 2.24) is 10.4 Å². The summed E-state index contributed by atoms with van der Waals surface area (Å²) in [5, 5.41) is 11.5. The van der Waals surface area contributed by atoms with Gasteiger partial charge in [-0.25, -0.2) is 5.01 Å². The summed E-state index contributed by atoms with van der Waals surface area (Å²) in [7, 11) is 0. The Kier molecular flexibility index (Phi) is 4.02. The summed E-state index contributed by atoms with van der Waals surface area (Å²) in [4.78, 5) is 12.0. The molecule has 92 valence electrons. The summed E-state index contributed by atoms with van der Waals surface area (Å²) >= 11 is 3.29. The summed E-state index contributed by atoms with van der Waals surface area (Å²) in [6, 6.07) is 4.83. The van der Waals surface area contributed by atoms with Gasteiger partial charge in [0, 0.05) is 17.6 Å². The fraction of sp³-hybridized carbons (Fsp3) is 0.417. The van der Waals surface area contributed by atoms with Crippen LogP contribution in [0.1, 0.15) is 29.6 Å². The molecule has 4 nitrogen and oxygen atoms in total. The zero-order valence-electron chi connectivity index (χ0n) is 9.45. The predicted octanol–water partition coefficient (Wildman–Crippen LogP) is 2.29. The number of piperidine rings is 1. The number of rotatable bonds is 2. The van der Waals surface area contributed by atoms with Crippen LogP contribution in [0.15, 0.2) is 22.7 Å². The standard InChI is InChI=1S/C12H15BrN2O2/c13-9-4-5-11(16)10(8-9)12(17)14-15-6-2-1-3-7-15/h4-5,8,16H,1-3,6-7H2,(H,14,17). The minimum atomic E-state index is -0.259. The number of phenolic OH excluding ortho intramolecular Hbond substituents is 1. The SMILES string of the molecule is O=C(NN1CCCCC1)c1cc(Br)ccc1O. The molecule has 0 radical (unpaired) electrons. The van der Waals surface area contributed by atoms with Gasteiger partial charge in [-0.3, -0.25) is 10.2 Å². The Labute approximate surface area is 109 Å². The number of nitrogens with zero attached hydrogens (tertiary/aromatic N) is 1. The third kappa shape index (κ3) is 3.20. The van der Waals surface area contributed by atoms with Crippen molar-refractivity contribution in [2.24, 2.45) is 0 Å². The molecule has 17 heavy (non-hydrogen) atoms. The second-order valence-electron chi connectivity index (χ2n) is 4.15. The van der Waals surface area contributed by atoms with Gasteiger partial charge in [0.1, 0.15) is 5.75 Å². The smallest absolute Gasteiger partial charge is 0.269 e. The largest absolute Gasteiger partial charge is 0.507 e. The van der Waals surface area contributed by atoms with E-state index in [0.29, 0.717) is 5.56 Å². The van der Waals surface area contributed by atoms with Gasteiger partial charge in [-0.1, -0.05) is 22.4 Å². The number of hydrogen-bond donors (Lipinski definition) is 2. The van der Waals surface area contributed by atoms with Crippen molar-refractivity contribution in [2.45, 2.75) is 19.3 Å². The number of nitrogens with one attached hydrogen (secondary N) is 1. The number of aromatic hydroxyl groups is 1. The maximum Gasteiger partial charge on any atom is 0.269 e. The fourth-order valence-electron chi connectivity index (χ4n) is 1.90. The van der Waals surface area contributed by atoms with E-state index in [-0.39, 0.29) is 11.7 Å². The van der Waals surface area contributed by atoms with E-state index in [2.05, 4.69) is 21.4 Å². The average molecular weight is 299 g/mol. The monoisotopic (exact) mass is 298 g/mol. The van der Waals surface area contributed by atoms with E-state index in [4.69, 9.17) is 0 Å². The van der Waals surface area contributed by atoms with Gasteiger partial charge in [0.2, 0.25) is 0 Å². The first kappa shape index (κ1) is 12.4. The van der Waals surface area contributed by atoms with Crippen LogP contribution in [0.5, 0.6) is 5.75 Å². The zero-order chi connectivity index (χ0) is 12.3. The minimum Gasteiger partial charge on any atom is -0.507 e. The normalized spacial score (nSPS) is 16.8. The van der Waals surface area contributed by atoms with E-state index in [0.717, 1.165) is 30.4 Å². The summed E-state index contributed by atoms with van der Waals surface area (Å²) in [5.41, 5.74) is 3.11. The number of amides is 1. The second kappa shape index (κ2) is 5.51. The molecule has 0 saturated carbocycles. The molecule has 1 aliphatic rings. The predicted molar refractivity (Wildman–Crippen MR) is 68.7 cm³/mol. The van der Waals surface area contributed by atoms with Crippen LogP contribution in [0.4, 0.5) is 0 Å². The van der Waals surface area contributed by atoms with Crippen molar-refractivity contribution in [2.75, 3.05) is 13.1 Å². The molecule has 1 aliphatic heterocycles. The Morgan fingerprint density at radius 2 is 2.00 bits per heavy atom. The minimum absolute atomic E-state index is 0.00251. The van der Waals surface area contributed by atoms with Crippen LogP contribution in [-0.2, 0) is 0 Å². The molecular weight excluding hydrogens is 284 g/mol. The number of hydrazine groups is 1. The molecule has 0 bridgehead atoms. The number of benzene rings is 1. The summed E-state index contributed by atoms with van der Waals surface area (Å²) in [6.45, 7) is 1.75. The van der Waals surface area contributed by atoms with Gasteiger partial charge in [0.25, 0.3) is 5.91 Å². The maximum atomic E-state index is 12.0. The van der Waals surface area contributed by atoms with Gasteiger partial charge in [0.05, 0.1) is 5.56 Å². The van der Waals surface area contributed by atoms with Gasteiger partial charge < -0.3 is 5.11 Å². The lowest BCUT2D eigenvalue weighted by Gasteiger charge is -2.26. The van der Waals surface area contributed by atoms with E-state index < -0.39 is 0 Å². The molecule has 1 aromatic carbocycles. The van der Waals surface area contributed by atoms with Crippen LogP contribution in [0.3, 0.4) is 0 Å². The lowest BCUT2D eigenvalue weighted by Crippen LogP contribution is -2.45. The van der Waals surface area contributed by atoms with Crippen molar-refractivity contribution in [3.05, 3.63) is 28.2 Å². The number of carbonyl (C=O) groups is 1. The number of hydrogen-bond acceptors (Lipinski definition) is 3. The third-order valence-electron chi connectivity index (χ3n) is 2.82. The molecule has 1 fully saturated rings. The molecule has 1 amide bonds. The van der Waals surface area contributed by atoms with E-state index in [1.54, 1.807) is 12.1 Å². The van der Waals surface area contributed by atoms with Crippen LogP contribution < -0.4 is 5.43 Å². The third-order valence-corrected chi connectivity index (χ3v) is 3.31. The molecule has 2 rings (SSSR count). The van der Waals surface area contributed by atoms with Gasteiger partial charge >= 0.3 is 0 Å². The molecule has 1 aromatic rings. The van der Waals surface area contributed by atoms with E-state index in [1.165, 1.54) is 12.5 Å². The zero-order valence-corrected chi connectivity index (χ0v) is 11.0. The van der Waals surface area contributed by atoms with Crippen molar-refractivity contribution >= 4 is 21.8 Å². The topological polar surface area (TPSA) is 52.6 Å². The Hall–Kier alpha value is -1.07. The fourth-order valence-corrected chi connectivity index (χ4v) is 2.26. The second-order valence-corrected chi connectivity index (χ2v) is 5.07. The van der Waals surface area contributed by atoms with Gasteiger partial charge in [-0.05, 0) is 31.0 Å². The Morgan fingerprint density at radius 1 is 1.29 bits per heavy atom. The average Bonchev–Trinajstić information content (AvgIpc) is 2.33. The molecule has 1 saturated heterocycles. The first-order valence-corrected chi connectivity index (χ1v) is 6.50. The number of halogens is 1. The van der Waals surface area contributed by atoms with Crippen molar-refractivity contribution in [3.63, 3.8) is 0 Å². The Balaban J connectivity index is 2.05. The van der Waals surface area contributed by atoms with Gasteiger partial charge in [-0.2, -0.15) is 0 Å². The van der Waals surface area contributed by atoms with Crippen molar-refractivity contribution in [3.8, 4) is 5.75 Å². The van der Waals surface area contributed by atoms with Crippen LogP contribution in [0.2, 0.25) is 0 Å². The molecule has 2 N–H and O–H groups in total. The van der Waals surface area contributed by atoms with E-state index >= 15 is 0 Å². The van der Waals surface area contributed by atoms with Crippen molar-refractivity contribution in [1.29, 1.82) is 0 Å². The highest BCUT2D eigenvalue weighted by Crippen LogP contribution is 2.21. The van der Waals surface area contributed by atoms with E-state index in [1.807, 2.05) is 5.01 Å². The molecule has 0 spiro atoms. The molecule has 0 aromatic heterocycles. The molecular formula is C12H15BrN2O2. The van der Waals surface area contributed by atoms with Crippen LogP contribution in [-0.4, -0.2) is 29.1 Å². The lowest BCUT2D eigenvalue weighted by molar-refractivity contribution is 0.0747. The summed E-state index contributed by atoms with van der Waals surface area (Å²) in [5.74, 6) is -0.256. The summed E-state index contributed by atoms with van der Waals surface area (Å²) in [6.07, 6.45) is 3.42. The molecule has 0 atom stereocenters. The number of phenols is 1. The van der Waals surface area contributed by atoms with Gasteiger partial charge in [0.15, 0.2) is 0 Å². The lowest BCUT2D eigenvalue weighted by atomic mass is 10.1. The highest BCUT2D eigenvalue weighted by atomic mass is 79.9. The highest BCUT2D eigenvalue weighted by Gasteiger charge is 2.16. The molecule has 0 aliphatic carbocycles. The van der Waals surface area contributed by atoms with Crippen LogP contribution in [0.25, 0.3) is 0 Å². The van der Waals surface area contributed by atoms with Crippen LogP contribution in [0, 0.1) is 0 Å². The first-order chi connectivity index (χ1) is 8.16. The molecule has 1 heterocycles. The van der Waals surface area contributed by atoms with Crippen LogP contribution >= 0.6 is 15.9 Å². The Morgan fingerprint density at radius 3 is 2.71 bits per heavy atom. The molecule has 0 unspecified atom stereocenters. The Bertz CT molecular complexity index is 417. The quantitative estimate of drug-likeness (QED) is 0.881. The number of carbonyl (C=O) groups excluding carboxylic acids is 1. The highest BCUT2D eigenvalue weighted by molar-refractivity contribution is 9.10. The van der Waals surface area contributed by atoms with Crippen molar-refractivity contribution < 1.29 is 9.90 Å². The molecule has 5 heteroatoms. The maximum absolute atomic E-state index is 12.0. The van der Waals surface area contributed by atoms with Gasteiger partial charge in [-0.15, -0.1) is 0 Å². The first-order valence-electron chi connectivity index (χ1n) is 5.71.